The summed E-state index contributed by atoms with van der Waals surface area (Å²) >= 11 is 0. The van der Waals surface area contributed by atoms with Gasteiger partial charge in [0, 0.05) is 0 Å². The van der Waals surface area contributed by atoms with Crippen LogP contribution in [0.25, 0.3) is 0 Å². The molecular weight excluding hydrogens is 238 g/mol. The standard InChI is InChI=1S/C14H29N5/c1-6-7-8-9-12(4)19-14(16-17-18-19)13(5)15-10-11(2)3/h11-13,15H,6-10H2,1-5H3. The molecule has 0 saturated heterocycles. The van der Waals surface area contributed by atoms with Crippen molar-refractivity contribution in [1.82, 2.24) is 25.5 Å². The second kappa shape index (κ2) is 8.25. The molecule has 0 saturated carbocycles. The Bertz CT molecular complexity index is 347. The van der Waals surface area contributed by atoms with Crippen LogP contribution in [0.15, 0.2) is 0 Å². The van der Waals surface area contributed by atoms with Crippen LogP contribution in [0.4, 0.5) is 0 Å². The molecule has 0 spiro atoms. The predicted octanol–water partition coefficient (Wildman–Crippen LogP) is 3.12. The number of hydrogen-bond acceptors (Lipinski definition) is 4. The summed E-state index contributed by atoms with van der Waals surface area (Å²) in [5, 5.41) is 15.7. The van der Waals surface area contributed by atoms with Crippen molar-refractivity contribution in [3.05, 3.63) is 5.82 Å². The zero-order valence-electron chi connectivity index (χ0n) is 13.1. The molecule has 0 aliphatic carbocycles. The first-order valence-corrected chi connectivity index (χ1v) is 7.57. The average molecular weight is 267 g/mol. The molecule has 19 heavy (non-hydrogen) atoms. The number of nitrogens with one attached hydrogen (secondary N) is 1. The Morgan fingerprint density at radius 2 is 1.89 bits per heavy atom. The fourth-order valence-electron chi connectivity index (χ4n) is 2.12. The third kappa shape index (κ3) is 5.27. The number of unbranched alkanes of at least 4 members (excludes halogenated alkanes) is 2. The van der Waals surface area contributed by atoms with Gasteiger partial charge in [-0.3, -0.25) is 0 Å². The monoisotopic (exact) mass is 267 g/mol. The summed E-state index contributed by atoms with van der Waals surface area (Å²) in [6, 6.07) is 0.575. The van der Waals surface area contributed by atoms with E-state index in [0.29, 0.717) is 12.0 Å². The normalized spacial score (nSPS) is 14.8. The van der Waals surface area contributed by atoms with Gasteiger partial charge in [-0.2, -0.15) is 0 Å². The highest BCUT2D eigenvalue weighted by Gasteiger charge is 2.18. The van der Waals surface area contributed by atoms with E-state index in [1.165, 1.54) is 19.3 Å². The number of hydrogen-bond donors (Lipinski definition) is 1. The van der Waals surface area contributed by atoms with Crippen molar-refractivity contribution in [3.63, 3.8) is 0 Å². The lowest BCUT2D eigenvalue weighted by Crippen LogP contribution is -2.26. The predicted molar refractivity (Wildman–Crippen MR) is 77.9 cm³/mol. The van der Waals surface area contributed by atoms with Gasteiger partial charge in [0.25, 0.3) is 0 Å². The first-order chi connectivity index (χ1) is 9.06. The van der Waals surface area contributed by atoms with E-state index in [-0.39, 0.29) is 6.04 Å². The van der Waals surface area contributed by atoms with Crippen molar-refractivity contribution in [2.75, 3.05) is 6.54 Å². The Kier molecular flexibility index (Phi) is 6.99. The smallest absolute Gasteiger partial charge is 0.168 e. The maximum atomic E-state index is 4.18. The molecule has 0 amide bonds. The summed E-state index contributed by atoms with van der Waals surface area (Å²) in [4.78, 5) is 0. The van der Waals surface area contributed by atoms with E-state index in [4.69, 9.17) is 0 Å². The van der Waals surface area contributed by atoms with E-state index in [0.717, 1.165) is 18.8 Å². The second-order valence-electron chi connectivity index (χ2n) is 5.85. The van der Waals surface area contributed by atoms with Crippen molar-refractivity contribution >= 4 is 0 Å². The molecule has 0 bridgehead atoms. The zero-order valence-corrected chi connectivity index (χ0v) is 13.1. The SMILES string of the molecule is CCCCCC(C)n1nnnc1C(C)NCC(C)C. The van der Waals surface area contributed by atoms with Crippen LogP contribution in [0.2, 0.25) is 0 Å². The van der Waals surface area contributed by atoms with Gasteiger partial charge in [-0.05, 0) is 43.2 Å². The third-order valence-corrected chi connectivity index (χ3v) is 3.38. The van der Waals surface area contributed by atoms with Crippen LogP contribution in [0.3, 0.4) is 0 Å². The van der Waals surface area contributed by atoms with Crippen LogP contribution in [-0.4, -0.2) is 26.8 Å². The van der Waals surface area contributed by atoms with E-state index in [1.54, 1.807) is 0 Å². The molecular formula is C14H29N5. The van der Waals surface area contributed by atoms with Gasteiger partial charge in [0.2, 0.25) is 0 Å². The Balaban J connectivity index is 2.57. The molecule has 0 fully saturated rings. The van der Waals surface area contributed by atoms with Crippen molar-refractivity contribution in [2.24, 2.45) is 5.92 Å². The van der Waals surface area contributed by atoms with Crippen LogP contribution in [0.1, 0.15) is 78.2 Å². The van der Waals surface area contributed by atoms with Crippen LogP contribution < -0.4 is 5.32 Å². The minimum absolute atomic E-state index is 0.200. The van der Waals surface area contributed by atoms with Gasteiger partial charge in [0.15, 0.2) is 5.82 Å². The van der Waals surface area contributed by atoms with E-state index >= 15 is 0 Å². The molecule has 0 aromatic carbocycles. The van der Waals surface area contributed by atoms with E-state index in [2.05, 4.69) is 55.5 Å². The van der Waals surface area contributed by atoms with Crippen LogP contribution in [0, 0.1) is 5.92 Å². The molecule has 2 unspecified atom stereocenters. The molecule has 0 aliphatic rings. The molecule has 5 heteroatoms. The van der Waals surface area contributed by atoms with Crippen molar-refractivity contribution in [3.8, 4) is 0 Å². The number of aromatic nitrogens is 4. The van der Waals surface area contributed by atoms with Gasteiger partial charge in [-0.15, -0.1) is 5.10 Å². The van der Waals surface area contributed by atoms with Gasteiger partial charge in [-0.1, -0.05) is 40.0 Å². The Labute approximate surface area is 117 Å². The highest BCUT2D eigenvalue weighted by Crippen LogP contribution is 2.18. The van der Waals surface area contributed by atoms with Gasteiger partial charge < -0.3 is 5.32 Å². The largest absolute Gasteiger partial charge is 0.307 e. The average Bonchev–Trinajstić information content (AvgIpc) is 2.85. The maximum Gasteiger partial charge on any atom is 0.168 e. The van der Waals surface area contributed by atoms with Crippen LogP contribution in [0.5, 0.6) is 0 Å². The third-order valence-electron chi connectivity index (χ3n) is 3.38. The van der Waals surface area contributed by atoms with Gasteiger partial charge in [-0.25, -0.2) is 4.68 Å². The summed E-state index contributed by atoms with van der Waals surface area (Å²) < 4.78 is 1.98. The number of tetrazole rings is 1. The minimum atomic E-state index is 0.200. The number of rotatable bonds is 9. The number of nitrogens with zero attached hydrogens (tertiary/aromatic N) is 4. The molecule has 1 heterocycles. The summed E-state index contributed by atoms with van der Waals surface area (Å²) in [7, 11) is 0. The van der Waals surface area contributed by atoms with Crippen molar-refractivity contribution in [2.45, 2.75) is 72.4 Å². The maximum absolute atomic E-state index is 4.18. The molecule has 0 aliphatic heterocycles. The van der Waals surface area contributed by atoms with Gasteiger partial charge in [0.1, 0.15) is 0 Å². The summed E-state index contributed by atoms with van der Waals surface area (Å²) in [5.41, 5.74) is 0. The molecule has 1 rings (SSSR count). The summed E-state index contributed by atoms with van der Waals surface area (Å²) in [6.45, 7) is 11.9. The van der Waals surface area contributed by atoms with Crippen LogP contribution >= 0.6 is 0 Å². The Hall–Kier alpha value is -0.970. The lowest BCUT2D eigenvalue weighted by molar-refractivity contribution is 0.389. The molecule has 5 nitrogen and oxygen atoms in total. The van der Waals surface area contributed by atoms with E-state index < -0.39 is 0 Å². The van der Waals surface area contributed by atoms with Gasteiger partial charge in [0.05, 0.1) is 12.1 Å². The molecule has 2 atom stereocenters. The van der Waals surface area contributed by atoms with E-state index in [1.807, 2.05) is 4.68 Å². The lowest BCUT2D eigenvalue weighted by Gasteiger charge is -2.18. The first kappa shape index (κ1) is 16.1. The van der Waals surface area contributed by atoms with Crippen LogP contribution in [-0.2, 0) is 0 Å². The zero-order chi connectivity index (χ0) is 14.3. The van der Waals surface area contributed by atoms with Gasteiger partial charge >= 0.3 is 0 Å². The molecule has 110 valence electrons. The topological polar surface area (TPSA) is 55.6 Å². The molecule has 1 aromatic heterocycles. The second-order valence-corrected chi connectivity index (χ2v) is 5.85. The first-order valence-electron chi connectivity index (χ1n) is 7.57. The van der Waals surface area contributed by atoms with E-state index in [9.17, 15) is 0 Å². The Morgan fingerprint density at radius 1 is 1.16 bits per heavy atom. The minimum Gasteiger partial charge on any atom is -0.307 e. The van der Waals surface area contributed by atoms with Crippen molar-refractivity contribution < 1.29 is 0 Å². The summed E-state index contributed by atoms with van der Waals surface area (Å²) in [5.74, 6) is 1.58. The lowest BCUT2D eigenvalue weighted by atomic mass is 10.1. The fourth-order valence-corrected chi connectivity index (χ4v) is 2.12. The molecule has 0 radical (unpaired) electrons. The highest BCUT2D eigenvalue weighted by molar-refractivity contribution is 4.91. The fraction of sp³-hybridized carbons (Fsp3) is 0.929. The summed E-state index contributed by atoms with van der Waals surface area (Å²) in [6.07, 6.45) is 4.91. The molecule has 1 N–H and O–H groups in total. The Morgan fingerprint density at radius 3 is 2.53 bits per heavy atom. The van der Waals surface area contributed by atoms with Crippen molar-refractivity contribution in [1.29, 1.82) is 0 Å². The highest BCUT2D eigenvalue weighted by atomic mass is 15.6. The quantitative estimate of drug-likeness (QED) is 0.698. The molecule has 1 aromatic rings.